The highest BCUT2D eigenvalue weighted by Crippen LogP contribution is 2.26. The van der Waals surface area contributed by atoms with Gasteiger partial charge in [-0.1, -0.05) is 146 Å². The van der Waals surface area contributed by atoms with Gasteiger partial charge in [0.05, 0.1) is 70.9 Å². The summed E-state index contributed by atoms with van der Waals surface area (Å²) in [5, 5.41) is 1.01. The Labute approximate surface area is 522 Å². The van der Waals surface area contributed by atoms with Gasteiger partial charge < -0.3 is 38.6 Å². The van der Waals surface area contributed by atoms with Gasteiger partial charge in [-0.2, -0.15) is 0 Å². The van der Waals surface area contributed by atoms with Crippen LogP contribution in [0.15, 0.2) is 142 Å². The SMILES string of the molecule is CC(C)(C)c1ccc2nc[nH]c2c1.CC(C)(C)c1cnc(Cl)[nH]1.CC(C)(C)c1cnc[nH]1.CC(C)(C)c1nc2ccccc2[nH]1.CC(C)(C)c1ncc[nH]1.CC(C)(C)n1ccnc1.CC(C)(C)n1cnc(Cl)c1.CC(C)(C)n1cnc2ccccc21. The van der Waals surface area contributed by atoms with Crippen LogP contribution in [0.5, 0.6) is 0 Å². The van der Waals surface area contributed by atoms with Crippen molar-refractivity contribution < 1.29 is 0 Å². The summed E-state index contributed by atoms with van der Waals surface area (Å²) in [6, 6.07) is 22.7. The highest BCUT2D eigenvalue weighted by molar-refractivity contribution is 6.29. The van der Waals surface area contributed by atoms with Gasteiger partial charge in [0, 0.05) is 86.8 Å². The second-order valence-electron chi connectivity index (χ2n) is 29.2. The molecule has 5 N–H and O–H groups in total. The number of hydrogen-bond acceptors (Lipinski definition) is 8. The molecule has 11 aromatic rings. The molecule has 0 radical (unpaired) electrons. The van der Waals surface area contributed by atoms with Gasteiger partial charge in [0.2, 0.25) is 0 Å². The second-order valence-corrected chi connectivity index (χ2v) is 29.9. The number of nitrogens with one attached hydrogen (secondary N) is 5. The van der Waals surface area contributed by atoms with E-state index < -0.39 is 0 Å². The van der Waals surface area contributed by atoms with Crippen molar-refractivity contribution >= 4 is 56.3 Å². The zero-order chi connectivity index (χ0) is 64.7. The molecule has 0 aliphatic heterocycles. The third kappa shape index (κ3) is 23.2. The van der Waals surface area contributed by atoms with Crippen LogP contribution < -0.4 is 0 Å². The lowest BCUT2D eigenvalue weighted by molar-refractivity contribution is 0.396. The van der Waals surface area contributed by atoms with Crippen molar-refractivity contribution in [2.75, 3.05) is 0 Å². The summed E-state index contributed by atoms with van der Waals surface area (Å²) in [4.78, 5) is 48.4. The summed E-state index contributed by atoms with van der Waals surface area (Å²) in [5.41, 5.74) is 11.3. The van der Waals surface area contributed by atoms with E-state index in [0.717, 1.165) is 44.9 Å². The number of aromatic amines is 5. The topological polar surface area (TPSA) is 197 Å². The molecule has 0 aliphatic rings. The Hall–Kier alpha value is -7.30. The Morgan fingerprint density at radius 2 is 1.05 bits per heavy atom. The number of rotatable bonds is 0. The van der Waals surface area contributed by atoms with Crippen molar-refractivity contribution in [1.29, 1.82) is 0 Å². The lowest BCUT2D eigenvalue weighted by atomic mass is 9.87. The Morgan fingerprint density at radius 3 is 1.45 bits per heavy atom. The van der Waals surface area contributed by atoms with Crippen LogP contribution in [0.3, 0.4) is 0 Å². The largest absolute Gasteiger partial charge is 0.348 e. The number of aromatic nitrogens is 16. The predicted molar refractivity (Wildman–Crippen MR) is 361 cm³/mol. The summed E-state index contributed by atoms with van der Waals surface area (Å²) in [7, 11) is 0. The minimum Gasteiger partial charge on any atom is -0.348 e. The molecule has 0 saturated heterocycles. The third-order valence-corrected chi connectivity index (χ3v) is 13.4. The fraction of sp³-hybridized carbons (Fsp3) is 0.471. The van der Waals surface area contributed by atoms with Crippen LogP contribution in [0.1, 0.15) is 195 Å². The van der Waals surface area contributed by atoms with E-state index in [1.54, 1.807) is 37.6 Å². The van der Waals surface area contributed by atoms with Gasteiger partial charge in [0.1, 0.15) is 16.8 Å². The molecule has 0 saturated carbocycles. The first-order chi connectivity index (χ1) is 39.5. The zero-order valence-corrected chi connectivity index (χ0v) is 57.5. The van der Waals surface area contributed by atoms with Crippen LogP contribution in [0, 0.1) is 0 Å². The van der Waals surface area contributed by atoms with Gasteiger partial charge in [-0.05, 0) is 121 Å². The number of fused-ring (bicyclic) bond motifs is 3. The van der Waals surface area contributed by atoms with Crippen LogP contribution in [0.2, 0.25) is 10.4 Å². The highest BCUT2D eigenvalue weighted by atomic mass is 35.5. The Kier molecular flexibility index (Phi) is 24.3. The summed E-state index contributed by atoms with van der Waals surface area (Å²) in [5.74, 6) is 2.09. The molecule has 0 fully saturated rings. The zero-order valence-electron chi connectivity index (χ0n) is 56.0. The van der Waals surface area contributed by atoms with Crippen molar-refractivity contribution in [3.05, 3.63) is 181 Å². The molecule has 0 atom stereocenters. The van der Waals surface area contributed by atoms with Crippen LogP contribution >= 0.6 is 23.2 Å². The fourth-order valence-corrected chi connectivity index (χ4v) is 7.84. The number of benzene rings is 3. The molecule has 0 aliphatic carbocycles. The lowest BCUT2D eigenvalue weighted by Gasteiger charge is -2.21. The van der Waals surface area contributed by atoms with E-state index in [-0.39, 0.29) is 43.7 Å². The highest BCUT2D eigenvalue weighted by Gasteiger charge is 2.20. The van der Waals surface area contributed by atoms with E-state index >= 15 is 0 Å². The first kappa shape index (κ1) is 71.2. The molecule has 8 heterocycles. The molecule has 0 bridgehead atoms. The fourth-order valence-electron chi connectivity index (χ4n) is 7.54. The first-order valence-electron chi connectivity index (χ1n) is 29.2. The molecule has 86 heavy (non-hydrogen) atoms. The van der Waals surface area contributed by atoms with E-state index in [1.807, 2.05) is 78.4 Å². The number of halogens is 2. The van der Waals surface area contributed by atoms with Gasteiger partial charge in [0.15, 0.2) is 5.28 Å². The molecule has 0 spiro atoms. The van der Waals surface area contributed by atoms with Crippen LogP contribution in [0.25, 0.3) is 33.1 Å². The van der Waals surface area contributed by atoms with Crippen molar-refractivity contribution in [3.63, 3.8) is 0 Å². The first-order valence-corrected chi connectivity index (χ1v) is 30.0. The monoisotopic (exact) mass is 1210 g/mol. The van der Waals surface area contributed by atoms with Crippen molar-refractivity contribution in [2.45, 2.75) is 210 Å². The Morgan fingerprint density at radius 1 is 0.430 bits per heavy atom. The van der Waals surface area contributed by atoms with E-state index in [9.17, 15) is 0 Å². The number of nitrogens with zero attached hydrogens (tertiary/aromatic N) is 11. The average molecular weight is 1210 g/mol. The molecule has 16 nitrogen and oxygen atoms in total. The molecule has 11 rings (SSSR count). The van der Waals surface area contributed by atoms with Crippen molar-refractivity contribution in [2.24, 2.45) is 0 Å². The number of hydrogen-bond donors (Lipinski definition) is 5. The van der Waals surface area contributed by atoms with Crippen LogP contribution in [-0.4, -0.2) is 78.5 Å². The minimum atomic E-state index is 0.0835. The maximum atomic E-state index is 5.63. The van der Waals surface area contributed by atoms with Crippen LogP contribution in [0.4, 0.5) is 0 Å². The van der Waals surface area contributed by atoms with E-state index in [4.69, 9.17) is 23.2 Å². The summed E-state index contributed by atoms with van der Waals surface area (Å²) in [6.45, 7) is 51.6. The maximum absolute atomic E-state index is 5.63. The minimum absolute atomic E-state index is 0.0835. The lowest BCUT2D eigenvalue weighted by Crippen LogP contribution is -2.20. The smallest absolute Gasteiger partial charge is 0.200 e. The molecule has 466 valence electrons. The molecular weight excluding hydrogens is 1110 g/mol. The van der Waals surface area contributed by atoms with Gasteiger partial charge in [-0.25, -0.2) is 39.9 Å². The van der Waals surface area contributed by atoms with Crippen molar-refractivity contribution in [1.82, 2.24) is 78.5 Å². The Balaban J connectivity index is 0.000000212. The normalized spacial score (nSPS) is 12.1. The Bertz CT molecular complexity index is 3440. The molecule has 0 amide bonds. The van der Waals surface area contributed by atoms with Gasteiger partial charge in [-0.3, -0.25) is 0 Å². The van der Waals surface area contributed by atoms with Gasteiger partial charge in [-0.15, -0.1) is 0 Å². The second kappa shape index (κ2) is 29.4. The van der Waals surface area contributed by atoms with E-state index in [0.29, 0.717) is 10.4 Å². The van der Waals surface area contributed by atoms with Crippen molar-refractivity contribution in [3.8, 4) is 0 Å². The van der Waals surface area contributed by atoms with Gasteiger partial charge >= 0.3 is 0 Å². The maximum Gasteiger partial charge on any atom is 0.200 e. The van der Waals surface area contributed by atoms with Crippen LogP contribution in [-0.2, 0) is 43.7 Å². The number of H-pyrrole nitrogens is 5. The van der Waals surface area contributed by atoms with E-state index in [2.05, 4.69) is 270 Å². The number of imidazole rings is 8. The molecule has 8 aromatic heterocycles. The van der Waals surface area contributed by atoms with E-state index in [1.165, 1.54) is 16.8 Å². The summed E-state index contributed by atoms with van der Waals surface area (Å²) < 4.78 is 6.25. The third-order valence-electron chi connectivity index (χ3n) is 13.0. The molecular formula is C68H100Cl2N16. The quantitative estimate of drug-likeness (QED) is 0.0988. The average Bonchev–Trinajstić information content (AvgIpc) is 3.21. The molecule has 0 unspecified atom stereocenters. The predicted octanol–water partition coefficient (Wildman–Crippen LogP) is 18.2. The van der Waals surface area contributed by atoms with Gasteiger partial charge in [0.25, 0.3) is 0 Å². The molecule has 3 aromatic carbocycles. The number of para-hydroxylation sites is 4. The standard InChI is InChI=1S/3C11H14N2.2C7H11ClN2.3C7H12N2/c1-11(2,3)8-4-5-9-10(6-8)13-7-12-9;1-11(2,3)13-8-12-9-6-4-5-7-10(9)13;1-11(2,3)10-12-8-6-4-5-7-9(8)13-10;1-7(2,3)10-4-6(8)9-5-10;1-7(2,3)5-4-9-6(8)10-5;1-7(2,3)6-4-8-5-9-6;1-7(2,3)9-5-4-8-6-9;1-7(2,3)6-8-4-5-9-6/h4-7H,1-3H3,(H,12,13);4-8H,1-3H3;4-7H,1-3H3,(H,12,13);4-5H,1-3H3;4H,1-3H3,(H,9,10);4-5H,1-3H3,(H,8,9);4-6H,1-3H3;4-5H,1-3H3,(H,8,9). The summed E-state index contributed by atoms with van der Waals surface area (Å²) >= 11 is 11.2. The molecule has 18 heteroatoms. The summed E-state index contributed by atoms with van der Waals surface area (Å²) in [6.07, 6.45) is 21.8.